The van der Waals surface area contributed by atoms with Crippen LogP contribution in [-0.2, 0) is 6.98 Å². The maximum Gasteiger partial charge on any atom is 0.226 e. The number of hydrogen-bond acceptors (Lipinski definition) is 3. The van der Waals surface area contributed by atoms with Gasteiger partial charge in [0.2, 0.25) is 5.95 Å². The first-order chi connectivity index (χ1) is 7.09. The fraction of sp³-hybridized carbons (Fsp3) is 0.750. The van der Waals surface area contributed by atoms with Crippen LogP contribution in [0.3, 0.4) is 0 Å². The van der Waals surface area contributed by atoms with E-state index in [1.54, 1.807) is 0 Å². The largest absolute Gasteiger partial charge is 0.341 e. The summed E-state index contributed by atoms with van der Waals surface area (Å²) in [4.78, 5) is 1.99. The zero-order chi connectivity index (χ0) is 10.9. The van der Waals surface area contributed by atoms with Crippen LogP contribution >= 0.6 is 0 Å². The third-order valence-corrected chi connectivity index (χ3v) is 2.17. The highest BCUT2D eigenvalue weighted by molar-refractivity contribution is 5.29. The van der Waals surface area contributed by atoms with Gasteiger partial charge in [0.05, 0.1) is 0 Å². The Morgan fingerprint density at radius 1 is 1.42 bits per heavy atom. The van der Waals surface area contributed by atoms with E-state index in [9.17, 15) is 0 Å². The van der Waals surface area contributed by atoms with Crippen LogP contribution in [-0.4, -0.2) is 27.9 Å². The highest BCUT2D eigenvalue weighted by Crippen LogP contribution is 2.15. The van der Waals surface area contributed by atoms with Crippen LogP contribution in [0.15, 0.2) is 6.33 Å². The molecule has 0 unspecified atom stereocenters. The third kappa shape index (κ3) is 1.29. The Bertz CT molecular complexity index is 327. The van der Waals surface area contributed by atoms with Crippen LogP contribution in [0.2, 0.25) is 0 Å². The average Bonchev–Trinajstić information content (AvgIpc) is 2.67. The molecule has 0 radical (unpaired) electrons. The van der Waals surface area contributed by atoms with Crippen molar-refractivity contribution in [2.45, 2.75) is 19.3 Å². The fourth-order valence-corrected chi connectivity index (χ4v) is 1.54. The van der Waals surface area contributed by atoms with Gasteiger partial charge in [-0.2, -0.15) is 0 Å². The van der Waals surface area contributed by atoms with E-state index in [-0.39, 0.29) is 0 Å². The molecule has 0 atom stereocenters. The number of nitrogens with zero attached hydrogens (tertiary/aromatic N) is 4. The maximum absolute atomic E-state index is 7.34. The summed E-state index contributed by atoms with van der Waals surface area (Å²) in [6.07, 6.45) is 4.66. The second-order valence-electron chi connectivity index (χ2n) is 3.05. The van der Waals surface area contributed by atoms with Crippen LogP contribution in [0.25, 0.3) is 0 Å². The van der Waals surface area contributed by atoms with Crippen molar-refractivity contribution >= 4 is 5.95 Å². The summed E-state index contributed by atoms with van der Waals surface area (Å²) in [6.45, 7) is -0.445. The Labute approximate surface area is 76.4 Å². The summed E-state index contributed by atoms with van der Waals surface area (Å²) in [5.41, 5.74) is 0. The first-order valence-corrected chi connectivity index (χ1v) is 4.24. The first kappa shape index (κ1) is 4.84. The zero-order valence-corrected chi connectivity index (χ0v) is 6.90. The van der Waals surface area contributed by atoms with Gasteiger partial charge in [-0.1, -0.05) is 0 Å². The molecule has 1 saturated heterocycles. The molecule has 1 aromatic heterocycles. The van der Waals surface area contributed by atoms with Crippen molar-refractivity contribution in [3.05, 3.63) is 6.33 Å². The molecule has 1 fully saturated rings. The maximum atomic E-state index is 7.34. The van der Waals surface area contributed by atoms with Gasteiger partial charge in [0.15, 0.2) is 0 Å². The highest BCUT2D eigenvalue weighted by atomic mass is 15.4. The number of piperidine rings is 1. The number of aromatic nitrogens is 3. The molecule has 0 saturated carbocycles. The smallest absolute Gasteiger partial charge is 0.226 e. The van der Waals surface area contributed by atoms with Crippen molar-refractivity contribution in [3.8, 4) is 0 Å². The van der Waals surface area contributed by atoms with Gasteiger partial charge in [-0.25, -0.2) is 0 Å². The normalized spacial score (nSPS) is 23.0. The Morgan fingerprint density at radius 2 is 2.25 bits per heavy atom. The monoisotopic (exact) mass is 169 g/mol. The van der Waals surface area contributed by atoms with Crippen LogP contribution in [0.1, 0.15) is 23.4 Å². The molecular weight excluding hydrogens is 152 g/mol. The van der Waals surface area contributed by atoms with E-state index in [1.807, 2.05) is 4.90 Å². The van der Waals surface area contributed by atoms with Crippen molar-refractivity contribution < 1.29 is 4.11 Å². The lowest BCUT2D eigenvalue weighted by Gasteiger charge is -2.26. The van der Waals surface area contributed by atoms with Gasteiger partial charge >= 0.3 is 0 Å². The van der Waals surface area contributed by atoms with Gasteiger partial charge in [-0.05, 0) is 19.3 Å². The molecule has 0 N–H and O–H groups in total. The standard InChI is InChI=1S/C8H14N4/c1-11-7-9-10-8(11)12-5-3-2-4-6-12/h7H,2-6H2,1H3/i1D3. The van der Waals surface area contributed by atoms with Crippen molar-refractivity contribution in [2.24, 2.45) is 6.98 Å². The Hall–Kier alpha value is -1.06. The van der Waals surface area contributed by atoms with Crippen LogP contribution in [0.4, 0.5) is 5.95 Å². The van der Waals surface area contributed by atoms with Gasteiger partial charge in [0.1, 0.15) is 6.33 Å². The molecule has 1 aromatic rings. The Balaban J connectivity index is 2.24. The van der Waals surface area contributed by atoms with Gasteiger partial charge in [0.25, 0.3) is 0 Å². The molecule has 2 rings (SSSR count). The lowest BCUT2D eigenvalue weighted by atomic mass is 10.1. The van der Waals surface area contributed by atoms with Crippen LogP contribution in [0, 0.1) is 0 Å². The van der Waals surface area contributed by atoms with Crippen molar-refractivity contribution in [2.75, 3.05) is 18.0 Å². The van der Waals surface area contributed by atoms with E-state index >= 15 is 0 Å². The average molecular weight is 169 g/mol. The minimum absolute atomic E-state index is 0.467. The molecule has 1 aliphatic heterocycles. The second kappa shape index (κ2) is 3.13. The van der Waals surface area contributed by atoms with Crippen LogP contribution in [0.5, 0.6) is 0 Å². The fourth-order valence-electron chi connectivity index (χ4n) is 1.54. The predicted molar refractivity (Wildman–Crippen MR) is 47.1 cm³/mol. The molecule has 0 bridgehead atoms. The molecule has 0 spiro atoms. The number of rotatable bonds is 1. The summed E-state index contributed by atoms with van der Waals surface area (Å²) in [5.74, 6) is 0.467. The van der Waals surface area contributed by atoms with E-state index in [0.29, 0.717) is 5.95 Å². The molecule has 12 heavy (non-hydrogen) atoms. The summed E-state index contributed by atoms with van der Waals surface area (Å²) in [5, 5.41) is 7.56. The SMILES string of the molecule is [2H]C([2H])([2H])n1cnnc1N1CCCCC1. The summed E-state index contributed by atoms with van der Waals surface area (Å²) in [7, 11) is 0. The molecule has 0 amide bonds. The van der Waals surface area contributed by atoms with Gasteiger partial charge < -0.3 is 9.47 Å². The third-order valence-electron chi connectivity index (χ3n) is 2.17. The number of aryl methyl sites for hydroxylation is 1. The van der Waals surface area contributed by atoms with Gasteiger partial charge in [0, 0.05) is 24.2 Å². The lowest BCUT2D eigenvalue weighted by Crippen LogP contribution is -2.31. The molecule has 4 heteroatoms. The molecule has 66 valence electrons. The van der Waals surface area contributed by atoms with E-state index < -0.39 is 6.98 Å². The Morgan fingerprint density at radius 3 is 3.00 bits per heavy atom. The van der Waals surface area contributed by atoms with Gasteiger partial charge in [-0.15, -0.1) is 10.2 Å². The van der Waals surface area contributed by atoms with Crippen molar-refractivity contribution in [1.82, 2.24) is 14.8 Å². The summed E-state index contributed by atoms with van der Waals surface area (Å²) >= 11 is 0. The van der Waals surface area contributed by atoms with Crippen molar-refractivity contribution in [3.63, 3.8) is 0 Å². The zero-order valence-electron chi connectivity index (χ0n) is 9.90. The van der Waals surface area contributed by atoms with E-state index in [0.717, 1.165) is 30.5 Å². The summed E-state index contributed by atoms with van der Waals surface area (Å²) < 4.78 is 23.2. The van der Waals surface area contributed by atoms with Crippen LogP contribution < -0.4 is 4.90 Å². The first-order valence-electron chi connectivity index (χ1n) is 5.74. The molecule has 2 heterocycles. The second-order valence-corrected chi connectivity index (χ2v) is 3.05. The molecule has 0 aliphatic carbocycles. The quantitative estimate of drug-likeness (QED) is 0.623. The molecular formula is C8H14N4. The van der Waals surface area contributed by atoms with E-state index in [4.69, 9.17) is 4.11 Å². The minimum Gasteiger partial charge on any atom is -0.341 e. The predicted octanol–water partition coefficient (Wildman–Crippen LogP) is 0.805. The topological polar surface area (TPSA) is 34.0 Å². The highest BCUT2D eigenvalue weighted by Gasteiger charge is 2.14. The number of hydrogen-bond donors (Lipinski definition) is 0. The van der Waals surface area contributed by atoms with E-state index in [1.165, 1.54) is 12.7 Å². The lowest BCUT2D eigenvalue weighted by molar-refractivity contribution is 0.562. The molecule has 1 aliphatic rings. The van der Waals surface area contributed by atoms with Gasteiger partial charge in [-0.3, -0.25) is 0 Å². The number of anilines is 1. The summed E-state index contributed by atoms with van der Waals surface area (Å²) in [6, 6.07) is 0. The van der Waals surface area contributed by atoms with Crippen molar-refractivity contribution in [1.29, 1.82) is 0 Å². The molecule has 0 aromatic carbocycles. The van der Waals surface area contributed by atoms with E-state index in [2.05, 4.69) is 10.2 Å². The Kier molecular flexibility index (Phi) is 1.26. The molecule has 4 nitrogen and oxygen atoms in total. The minimum atomic E-state index is -2.18.